The maximum absolute atomic E-state index is 13.2. The van der Waals surface area contributed by atoms with E-state index in [4.69, 9.17) is 5.14 Å². The summed E-state index contributed by atoms with van der Waals surface area (Å²) in [5.41, 5.74) is 3.41. The van der Waals surface area contributed by atoms with Gasteiger partial charge >= 0.3 is 0 Å². The molecule has 2 heterocycles. The molecule has 1 aromatic heterocycles. The normalized spacial score (nSPS) is 13.7. The van der Waals surface area contributed by atoms with E-state index < -0.39 is 10.0 Å². The minimum absolute atomic E-state index is 0.0264. The third-order valence-corrected chi connectivity index (χ3v) is 6.18. The fourth-order valence-electron chi connectivity index (χ4n) is 3.75. The summed E-state index contributed by atoms with van der Waals surface area (Å²) in [5, 5.41) is 9.73. The molecule has 2 N–H and O–H groups in total. The van der Waals surface area contributed by atoms with Gasteiger partial charge < -0.3 is 4.90 Å². The van der Waals surface area contributed by atoms with Crippen LogP contribution in [-0.4, -0.2) is 35.6 Å². The molecule has 30 heavy (non-hydrogen) atoms. The van der Waals surface area contributed by atoms with Crippen molar-refractivity contribution >= 4 is 21.6 Å². The van der Waals surface area contributed by atoms with Gasteiger partial charge in [0.1, 0.15) is 5.82 Å². The smallest absolute Gasteiger partial charge is 0.297 e. The lowest BCUT2D eigenvalue weighted by atomic mass is 10.0. The Kier molecular flexibility index (Phi) is 4.95. The third kappa shape index (κ3) is 3.50. The number of aromatic nitrogens is 3. The molecule has 1 amide bonds. The number of anilines is 1. The van der Waals surface area contributed by atoms with Crippen LogP contribution in [0, 0.1) is 6.92 Å². The number of carbonyl (C=O) groups is 1. The number of benzene rings is 2. The molecule has 0 atom stereocenters. The van der Waals surface area contributed by atoms with E-state index in [2.05, 4.69) is 23.9 Å². The van der Waals surface area contributed by atoms with Crippen LogP contribution in [0.15, 0.2) is 47.4 Å². The molecule has 9 heteroatoms. The number of hydrogen-bond acceptors (Lipinski definition) is 5. The molecular formula is C21H23N5O3S. The number of hydrogen-bond donors (Lipinski definition) is 1. The van der Waals surface area contributed by atoms with Crippen LogP contribution in [0.5, 0.6) is 0 Å². The number of nitrogens with two attached hydrogens (primary N) is 1. The van der Waals surface area contributed by atoms with Gasteiger partial charge in [-0.2, -0.15) is 0 Å². The zero-order chi connectivity index (χ0) is 21.6. The molecule has 0 unspecified atom stereocenters. The van der Waals surface area contributed by atoms with Gasteiger partial charge in [-0.25, -0.2) is 23.2 Å². The second-order valence-corrected chi connectivity index (χ2v) is 9.21. The van der Waals surface area contributed by atoms with Gasteiger partial charge in [-0.15, -0.1) is 5.10 Å². The van der Waals surface area contributed by atoms with Crippen molar-refractivity contribution in [2.24, 2.45) is 5.14 Å². The molecule has 0 bridgehead atoms. The summed E-state index contributed by atoms with van der Waals surface area (Å²) in [6.45, 7) is 6.43. The van der Waals surface area contributed by atoms with E-state index >= 15 is 0 Å². The first-order chi connectivity index (χ1) is 14.2. The summed E-state index contributed by atoms with van der Waals surface area (Å²) in [5.74, 6) is 0.583. The van der Waals surface area contributed by atoms with E-state index in [1.54, 1.807) is 17.7 Å². The zero-order valence-corrected chi connectivity index (χ0v) is 17.8. The topological polar surface area (TPSA) is 111 Å². The van der Waals surface area contributed by atoms with Gasteiger partial charge in [0.2, 0.25) is 15.8 Å². The Morgan fingerprint density at radius 3 is 2.57 bits per heavy atom. The molecule has 1 aliphatic heterocycles. The number of carbonyl (C=O) groups excluding carboxylic acids is 1. The van der Waals surface area contributed by atoms with Crippen molar-refractivity contribution in [1.29, 1.82) is 0 Å². The lowest BCUT2D eigenvalue weighted by molar-refractivity contribution is 0.0979. The molecule has 156 valence electrons. The third-order valence-electron chi connectivity index (χ3n) is 5.27. The van der Waals surface area contributed by atoms with E-state index in [0.29, 0.717) is 24.5 Å². The number of sulfonamides is 1. The van der Waals surface area contributed by atoms with Crippen LogP contribution >= 0.6 is 0 Å². The minimum atomic E-state index is -3.86. The molecule has 0 radical (unpaired) electrons. The monoisotopic (exact) mass is 425 g/mol. The largest absolute Gasteiger partial charge is 0.305 e. The summed E-state index contributed by atoms with van der Waals surface area (Å²) in [7, 11) is -3.86. The number of nitrogens with zero attached hydrogens (tertiary/aromatic N) is 4. The van der Waals surface area contributed by atoms with Crippen LogP contribution in [0.25, 0.3) is 5.69 Å². The average molecular weight is 426 g/mol. The van der Waals surface area contributed by atoms with E-state index in [0.717, 1.165) is 16.8 Å². The van der Waals surface area contributed by atoms with Crippen LogP contribution in [-0.2, 0) is 16.4 Å². The summed E-state index contributed by atoms with van der Waals surface area (Å²) < 4.78 is 25.1. The van der Waals surface area contributed by atoms with Crippen LogP contribution in [0.3, 0.4) is 0 Å². The summed E-state index contributed by atoms with van der Waals surface area (Å²) in [6.07, 6.45) is 0.627. The number of amides is 1. The highest BCUT2D eigenvalue weighted by Crippen LogP contribution is 2.31. The number of primary sulfonamides is 1. The highest BCUT2D eigenvalue weighted by Gasteiger charge is 2.30. The van der Waals surface area contributed by atoms with Gasteiger partial charge in [0, 0.05) is 12.2 Å². The SMILES string of the molecule is Cc1nc(C(=O)N2CCc3ccc(S(N)(=O)=O)cc32)nn1-c1ccccc1C(C)C. The Labute approximate surface area is 175 Å². The van der Waals surface area contributed by atoms with Gasteiger partial charge in [-0.1, -0.05) is 38.1 Å². The van der Waals surface area contributed by atoms with Crippen molar-refractivity contribution in [2.45, 2.75) is 38.0 Å². The van der Waals surface area contributed by atoms with Crippen LogP contribution in [0.2, 0.25) is 0 Å². The van der Waals surface area contributed by atoms with Gasteiger partial charge in [0.05, 0.1) is 10.6 Å². The van der Waals surface area contributed by atoms with Crippen LogP contribution in [0.4, 0.5) is 5.69 Å². The Bertz CT molecular complexity index is 1250. The quantitative estimate of drug-likeness (QED) is 0.690. The molecule has 3 aromatic rings. The summed E-state index contributed by atoms with van der Waals surface area (Å²) in [4.78, 5) is 19.1. The molecule has 0 aliphatic carbocycles. The van der Waals surface area contributed by atoms with E-state index in [-0.39, 0.29) is 22.5 Å². The van der Waals surface area contributed by atoms with Crippen molar-refractivity contribution in [2.75, 3.05) is 11.4 Å². The molecular weight excluding hydrogens is 402 g/mol. The highest BCUT2D eigenvalue weighted by atomic mass is 32.2. The Hall–Kier alpha value is -3.04. The van der Waals surface area contributed by atoms with E-state index in [1.165, 1.54) is 17.0 Å². The predicted octanol–water partition coefficient (Wildman–Crippen LogP) is 2.55. The van der Waals surface area contributed by atoms with Crippen molar-refractivity contribution in [3.8, 4) is 5.69 Å². The molecule has 2 aromatic carbocycles. The number of para-hydroxylation sites is 1. The Morgan fingerprint density at radius 1 is 1.13 bits per heavy atom. The highest BCUT2D eigenvalue weighted by molar-refractivity contribution is 7.89. The second-order valence-electron chi connectivity index (χ2n) is 7.65. The fraction of sp³-hybridized carbons (Fsp3) is 0.286. The lowest BCUT2D eigenvalue weighted by Crippen LogP contribution is -2.30. The van der Waals surface area contributed by atoms with Crippen molar-refractivity contribution in [1.82, 2.24) is 14.8 Å². The molecule has 1 aliphatic rings. The molecule has 0 spiro atoms. The number of fused-ring (bicyclic) bond motifs is 1. The maximum Gasteiger partial charge on any atom is 0.297 e. The minimum Gasteiger partial charge on any atom is -0.305 e. The molecule has 8 nitrogen and oxygen atoms in total. The van der Waals surface area contributed by atoms with Gasteiger partial charge in [0.15, 0.2) is 0 Å². The lowest BCUT2D eigenvalue weighted by Gasteiger charge is -2.16. The molecule has 0 fully saturated rings. The summed E-state index contributed by atoms with van der Waals surface area (Å²) >= 11 is 0. The van der Waals surface area contributed by atoms with Gasteiger partial charge in [-0.05, 0) is 48.6 Å². The molecule has 0 saturated heterocycles. The van der Waals surface area contributed by atoms with E-state index in [1.807, 2.05) is 24.3 Å². The standard InChI is InChI=1S/C21H23N5O3S/c1-13(2)17-6-4-5-7-18(17)26-14(3)23-20(24-26)21(27)25-11-10-15-8-9-16(12-19(15)25)30(22,28)29/h4-9,12-13H,10-11H2,1-3H3,(H2,22,28,29). The Morgan fingerprint density at radius 2 is 1.87 bits per heavy atom. The fourth-order valence-corrected chi connectivity index (χ4v) is 4.28. The van der Waals surface area contributed by atoms with Gasteiger partial charge in [-0.3, -0.25) is 4.79 Å². The van der Waals surface area contributed by atoms with Crippen molar-refractivity contribution in [3.63, 3.8) is 0 Å². The van der Waals surface area contributed by atoms with E-state index in [9.17, 15) is 13.2 Å². The maximum atomic E-state index is 13.2. The van der Waals surface area contributed by atoms with Crippen molar-refractivity contribution in [3.05, 3.63) is 65.2 Å². The number of rotatable bonds is 4. The van der Waals surface area contributed by atoms with Gasteiger partial charge in [0.25, 0.3) is 5.91 Å². The first-order valence-electron chi connectivity index (χ1n) is 9.67. The Balaban J connectivity index is 1.72. The van der Waals surface area contributed by atoms with Crippen LogP contribution < -0.4 is 10.0 Å². The molecule has 0 saturated carbocycles. The summed E-state index contributed by atoms with van der Waals surface area (Å²) in [6, 6.07) is 12.5. The first kappa shape index (κ1) is 20.2. The average Bonchev–Trinajstić information content (AvgIpc) is 3.29. The second kappa shape index (κ2) is 7.33. The van der Waals surface area contributed by atoms with Crippen molar-refractivity contribution < 1.29 is 13.2 Å². The number of aryl methyl sites for hydroxylation is 1. The van der Waals surface area contributed by atoms with Crippen LogP contribution in [0.1, 0.15) is 47.3 Å². The first-order valence-corrected chi connectivity index (χ1v) is 11.2. The predicted molar refractivity (Wildman–Crippen MR) is 113 cm³/mol. The zero-order valence-electron chi connectivity index (χ0n) is 17.0. The molecule has 4 rings (SSSR count).